The van der Waals surface area contributed by atoms with Crippen molar-refractivity contribution >= 4 is 11.5 Å². The van der Waals surface area contributed by atoms with Crippen molar-refractivity contribution in [2.24, 2.45) is 0 Å². The zero-order chi connectivity index (χ0) is 13.7. The van der Waals surface area contributed by atoms with Gasteiger partial charge in [-0.2, -0.15) is 0 Å². The molecule has 3 heteroatoms. The first-order chi connectivity index (χ1) is 9.26. The molecule has 2 rings (SSSR count). The molecular weight excluding hydrogens is 234 g/mol. The van der Waals surface area contributed by atoms with Crippen molar-refractivity contribution in [3.63, 3.8) is 0 Å². The molecule has 2 aromatic rings. The van der Waals surface area contributed by atoms with Crippen LogP contribution in [-0.4, -0.2) is 18.6 Å². The second-order valence-electron chi connectivity index (χ2n) is 4.54. The Morgan fingerprint density at radius 3 is 2.58 bits per heavy atom. The van der Waals surface area contributed by atoms with Gasteiger partial charge in [0.15, 0.2) is 0 Å². The van der Waals surface area contributed by atoms with E-state index in [9.17, 15) is 0 Å². The molecule has 0 aliphatic heterocycles. The van der Waals surface area contributed by atoms with Crippen LogP contribution in [0.25, 0.3) is 0 Å². The van der Waals surface area contributed by atoms with Gasteiger partial charge in [-0.05, 0) is 50.7 Å². The van der Waals surface area contributed by atoms with E-state index < -0.39 is 0 Å². The standard InChI is InChI=1S/C16H21N3/c1-4-19(15-8-6-5-7-9-15)16-12-14(10-11-18-16)13(2)17-3/h5-13,17H,4H2,1-3H3. The number of nitrogens with zero attached hydrogens (tertiary/aromatic N) is 2. The minimum Gasteiger partial charge on any atom is -0.327 e. The Kier molecular flexibility index (Phi) is 4.53. The number of rotatable bonds is 5. The number of hydrogen-bond acceptors (Lipinski definition) is 3. The van der Waals surface area contributed by atoms with Gasteiger partial charge in [-0.1, -0.05) is 18.2 Å². The third-order valence-corrected chi connectivity index (χ3v) is 3.36. The predicted octanol–water partition coefficient (Wildman–Crippen LogP) is 3.52. The highest BCUT2D eigenvalue weighted by molar-refractivity contribution is 5.60. The maximum absolute atomic E-state index is 4.50. The smallest absolute Gasteiger partial charge is 0.133 e. The monoisotopic (exact) mass is 255 g/mol. The van der Waals surface area contributed by atoms with E-state index in [4.69, 9.17) is 0 Å². The lowest BCUT2D eigenvalue weighted by atomic mass is 10.1. The number of hydrogen-bond donors (Lipinski definition) is 1. The molecule has 1 aromatic carbocycles. The second-order valence-corrected chi connectivity index (χ2v) is 4.54. The summed E-state index contributed by atoms with van der Waals surface area (Å²) < 4.78 is 0. The molecule has 1 atom stereocenters. The maximum atomic E-state index is 4.50. The molecule has 0 aliphatic rings. The van der Waals surface area contributed by atoms with Crippen LogP contribution in [0.2, 0.25) is 0 Å². The van der Waals surface area contributed by atoms with Gasteiger partial charge in [-0.15, -0.1) is 0 Å². The second kappa shape index (κ2) is 6.34. The molecule has 0 aliphatic carbocycles. The number of pyridine rings is 1. The third-order valence-electron chi connectivity index (χ3n) is 3.36. The van der Waals surface area contributed by atoms with Crippen LogP contribution in [0.15, 0.2) is 48.7 Å². The van der Waals surface area contributed by atoms with Crippen molar-refractivity contribution in [2.45, 2.75) is 19.9 Å². The summed E-state index contributed by atoms with van der Waals surface area (Å²) in [6.45, 7) is 5.19. The molecule has 0 fully saturated rings. The van der Waals surface area contributed by atoms with Crippen LogP contribution in [-0.2, 0) is 0 Å². The van der Waals surface area contributed by atoms with Gasteiger partial charge >= 0.3 is 0 Å². The van der Waals surface area contributed by atoms with Gasteiger partial charge in [-0.25, -0.2) is 4.98 Å². The topological polar surface area (TPSA) is 28.2 Å². The van der Waals surface area contributed by atoms with Crippen molar-refractivity contribution in [3.8, 4) is 0 Å². The summed E-state index contributed by atoms with van der Waals surface area (Å²) in [6.07, 6.45) is 1.88. The summed E-state index contributed by atoms with van der Waals surface area (Å²) in [5.74, 6) is 0.994. The summed E-state index contributed by atoms with van der Waals surface area (Å²) >= 11 is 0. The minimum absolute atomic E-state index is 0.330. The highest BCUT2D eigenvalue weighted by atomic mass is 15.2. The molecule has 1 N–H and O–H groups in total. The zero-order valence-electron chi connectivity index (χ0n) is 11.8. The van der Waals surface area contributed by atoms with Gasteiger partial charge in [0.2, 0.25) is 0 Å². The fourth-order valence-electron chi connectivity index (χ4n) is 2.10. The van der Waals surface area contributed by atoms with Gasteiger partial charge in [-0.3, -0.25) is 0 Å². The van der Waals surface area contributed by atoms with E-state index in [1.54, 1.807) is 0 Å². The SMILES string of the molecule is CCN(c1ccccc1)c1cc(C(C)NC)ccn1. The molecule has 3 nitrogen and oxygen atoms in total. The molecule has 0 bridgehead atoms. The highest BCUT2D eigenvalue weighted by Crippen LogP contribution is 2.25. The molecule has 0 spiro atoms. The van der Waals surface area contributed by atoms with Crippen LogP contribution in [0.1, 0.15) is 25.5 Å². The van der Waals surface area contributed by atoms with Crippen molar-refractivity contribution in [3.05, 3.63) is 54.2 Å². The van der Waals surface area contributed by atoms with Crippen molar-refractivity contribution in [2.75, 3.05) is 18.5 Å². The lowest BCUT2D eigenvalue weighted by Gasteiger charge is -2.23. The lowest BCUT2D eigenvalue weighted by Crippen LogP contribution is -2.18. The first-order valence-electron chi connectivity index (χ1n) is 6.72. The fraction of sp³-hybridized carbons (Fsp3) is 0.312. The molecule has 1 aromatic heterocycles. The average molecular weight is 255 g/mol. The van der Waals surface area contributed by atoms with E-state index in [0.29, 0.717) is 6.04 Å². The number of para-hydroxylation sites is 1. The molecule has 19 heavy (non-hydrogen) atoms. The van der Waals surface area contributed by atoms with Gasteiger partial charge in [0, 0.05) is 24.5 Å². The summed E-state index contributed by atoms with van der Waals surface area (Å²) in [4.78, 5) is 6.72. The van der Waals surface area contributed by atoms with Crippen LogP contribution in [0, 0.1) is 0 Å². The minimum atomic E-state index is 0.330. The third kappa shape index (κ3) is 3.12. The predicted molar refractivity (Wildman–Crippen MR) is 80.8 cm³/mol. The van der Waals surface area contributed by atoms with Crippen LogP contribution in [0.3, 0.4) is 0 Å². The molecule has 0 saturated heterocycles. The summed E-state index contributed by atoms with van der Waals surface area (Å²) in [5, 5.41) is 3.26. The van der Waals surface area contributed by atoms with Gasteiger partial charge in [0.1, 0.15) is 5.82 Å². The number of aromatic nitrogens is 1. The van der Waals surface area contributed by atoms with Crippen LogP contribution < -0.4 is 10.2 Å². The Morgan fingerprint density at radius 1 is 1.21 bits per heavy atom. The van der Waals surface area contributed by atoms with E-state index in [1.165, 1.54) is 11.3 Å². The fourth-order valence-corrected chi connectivity index (χ4v) is 2.10. The van der Waals surface area contributed by atoms with Crippen molar-refractivity contribution in [1.29, 1.82) is 0 Å². The Hall–Kier alpha value is -1.87. The van der Waals surface area contributed by atoms with Gasteiger partial charge in [0.05, 0.1) is 0 Å². The number of benzene rings is 1. The molecule has 100 valence electrons. The lowest BCUT2D eigenvalue weighted by molar-refractivity contribution is 0.651. The van der Waals surface area contributed by atoms with Crippen LogP contribution >= 0.6 is 0 Å². The van der Waals surface area contributed by atoms with E-state index in [-0.39, 0.29) is 0 Å². The van der Waals surface area contributed by atoms with Crippen LogP contribution in [0.5, 0.6) is 0 Å². The Morgan fingerprint density at radius 2 is 1.95 bits per heavy atom. The zero-order valence-corrected chi connectivity index (χ0v) is 11.8. The molecule has 0 radical (unpaired) electrons. The number of anilines is 2. The Labute approximate surface area is 115 Å². The first kappa shape index (κ1) is 13.6. The normalized spacial score (nSPS) is 12.2. The maximum Gasteiger partial charge on any atom is 0.133 e. The summed E-state index contributed by atoms with van der Waals surface area (Å²) in [7, 11) is 1.97. The van der Waals surface area contributed by atoms with Crippen molar-refractivity contribution in [1.82, 2.24) is 10.3 Å². The van der Waals surface area contributed by atoms with E-state index in [0.717, 1.165) is 12.4 Å². The molecule has 1 unspecified atom stereocenters. The molecule has 0 saturated carbocycles. The summed E-state index contributed by atoms with van der Waals surface area (Å²) in [6, 6.07) is 14.9. The van der Waals surface area contributed by atoms with E-state index in [2.05, 4.69) is 65.4 Å². The molecule has 0 amide bonds. The van der Waals surface area contributed by atoms with Gasteiger partial charge < -0.3 is 10.2 Å². The average Bonchev–Trinajstić information content (AvgIpc) is 2.48. The van der Waals surface area contributed by atoms with Gasteiger partial charge in [0.25, 0.3) is 0 Å². The molecule has 1 heterocycles. The highest BCUT2D eigenvalue weighted by Gasteiger charge is 2.10. The largest absolute Gasteiger partial charge is 0.327 e. The van der Waals surface area contributed by atoms with Crippen molar-refractivity contribution < 1.29 is 0 Å². The first-order valence-corrected chi connectivity index (χ1v) is 6.72. The number of nitrogens with one attached hydrogen (secondary N) is 1. The Balaban J connectivity index is 2.34. The van der Waals surface area contributed by atoms with E-state index in [1.807, 2.05) is 19.3 Å². The Bertz CT molecular complexity index is 510. The molecular formula is C16H21N3. The van der Waals surface area contributed by atoms with E-state index >= 15 is 0 Å². The van der Waals surface area contributed by atoms with Crippen LogP contribution in [0.4, 0.5) is 11.5 Å². The summed E-state index contributed by atoms with van der Waals surface area (Å²) in [5.41, 5.74) is 2.42. The quantitative estimate of drug-likeness (QED) is 0.886.